The largest absolute Gasteiger partial charge is 0.493 e. The minimum Gasteiger partial charge on any atom is -0.493 e. The maximum Gasteiger partial charge on any atom is 0.264 e. The lowest BCUT2D eigenvalue weighted by Gasteiger charge is -2.09. The second-order valence-corrected chi connectivity index (χ2v) is 7.76. The molecule has 0 aliphatic heterocycles. The van der Waals surface area contributed by atoms with E-state index in [1.54, 1.807) is 30.9 Å². The summed E-state index contributed by atoms with van der Waals surface area (Å²) in [5.74, 6) is 2.08. The highest BCUT2D eigenvalue weighted by molar-refractivity contribution is 7.20. The predicted octanol–water partition coefficient (Wildman–Crippen LogP) is 3.50. The van der Waals surface area contributed by atoms with Crippen LogP contribution in [0.2, 0.25) is 0 Å². The van der Waals surface area contributed by atoms with E-state index in [9.17, 15) is 4.79 Å². The summed E-state index contributed by atoms with van der Waals surface area (Å²) in [6.45, 7) is 3.83. The summed E-state index contributed by atoms with van der Waals surface area (Å²) in [5, 5.41) is 15.9. The Bertz CT molecular complexity index is 1250. The summed E-state index contributed by atoms with van der Waals surface area (Å²) in [5.41, 5.74) is 2.87. The Balaban J connectivity index is 1.49. The van der Waals surface area contributed by atoms with Gasteiger partial charge in [-0.3, -0.25) is 10.1 Å². The van der Waals surface area contributed by atoms with Crippen molar-refractivity contribution in [2.75, 3.05) is 26.1 Å². The molecule has 0 unspecified atom stereocenters. The smallest absolute Gasteiger partial charge is 0.264 e. The van der Waals surface area contributed by atoms with E-state index in [-0.39, 0.29) is 12.5 Å². The third-order valence-corrected chi connectivity index (χ3v) is 5.38. The topological polar surface area (TPSA) is 99.9 Å². The molecule has 4 aromatic rings. The Labute approximate surface area is 182 Å². The van der Waals surface area contributed by atoms with E-state index in [0.29, 0.717) is 33.2 Å². The van der Waals surface area contributed by atoms with Gasteiger partial charge >= 0.3 is 0 Å². The average molecular weight is 439 g/mol. The Morgan fingerprint density at radius 1 is 1.03 bits per heavy atom. The number of carbonyl (C=O) groups is 1. The SMILES string of the molecule is COc1ccc(-c2nnc3sc(NC(=O)COc4ccc(C)cc4C)nn23)cc1OC. The molecule has 0 atom stereocenters. The maximum absolute atomic E-state index is 12.3. The van der Waals surface area contributed by atoms with E-state index in [4.69, 9.17) is 14.2 Å². The average Bonchev–Trinajstić information content (AvgIpc) is 3.32. The Hall–Kier alpha value is -3.66. The fraction of sp³-hybridized carbons (Fsp3) is 0.238. The number of amides is 1. The zero-order chi connectivity index (χ0) is 22.0. The highest BCUT2D eigenvalue weighted by atomic mass is 32.1. The third kappa shape index (κ3) is 4.29. The van der Waals surface area contributed by atoms with Crippen molar-refractivity contribution >= 4 is 27.3 Å². The molecule has 0 aliphatic carbocycles. The van der Waals surface area contributed by atoms with Crippen molar-refractivity contribution < 1.29 is 19.0 Å². The highest BCUT2D eigenvalue weighted by Gasteiger charge is 2.17. The van der Waals surface area contributed by atoms with Crippen molar-refractivity contribution in [3.63, 3.8) is 0 Å². The van der Waals surface area contributed by atoms with Gasteiger partial charge in [0.05, 0.1) is 14.2 Å². The van der Waals surface area contributed by atoms with Gasteiger partial charge in [0.25, 0.3) is 5.91 Å². The number of nitrogens with zero attached hydrogens (tertiary/aromatic N) is 4. The molecule has 9 nitrogen and oxygen atoms in total. The summed E-state index contributed by atoms with van der Waals surface area (Å²) in [4.78, 5) is 12.9. The predicted molar refractivity (Wildman–Crippen MR) is 117 cm³/mol. The van der Waals surface area contributed by atoms with E-state index >= 15 is 0 Å². The fourth-order valence-electron chi connectivity index (χ4n) is 3.08. The number of aromatic nitrogens is 4. The molecule has 4 rings (SSSR count). The molecular weight excluding hydrogens is 418 g/mol. The van der Waals surface area contributed by atoms with Crippen molar-refractivity contribution in [1.82, 2.24) is 19.8 Å². The van der Waals surface area contributed by atoms with E-state index in [1.807, 2.05) is 38.1 Å². The second-order valence-electron chi connectivity index (χ2n) is 6.80. The van der Waals surface area contributed by atoms with E-state index < -0.39 is 0 Å². The molecule has 0 spiro atoms. The quantitative estimate of drug-likeness (QED) is 0.470. The first kappa shape index (κ1) is 20.6. The van der Waals surface area contributed by atoms with Crippen molar-refractivity contribution in [2.24, 2.45) is 0 Å². The number of ether oxygens (including phenoxy) is 3. The van der Waals surface area contributed by atoms with Crippen LogP contribution in [0.3, 0.4) is 0 Å². The second kappa shape index (κ2) is 8.60. The molecular formula is C21H21N5O4S. The number of hydrogen-bond acceptors (Lipinski definition) is 8. The van der Waals surface area contributed by atoms with Gasteiger partial charge in [-0.15, -0.1) is 15.3 Å². The van der Waals surface area contributed by atoms with Crippen molar-refractivity contribution in [3.05, 3.63) is 47.5 Å². The van der Waals surface area contributed by atoms with Gasteiger partial charge in [0.15, 0.2) is 23.9 Å². The fourth-order valence-corrected chi connectivity index (χ4v) is 3.84. The number of benzene rings is 2. The number of rotatable bonds is 7. The molecule has 1 N–H and O–H groups in total. The van der Waals surface area contributed by atoms with Crippen LogP contribution in [0, 0.1) is 13.8 Å². The van der Waals surface area contributed by atoms with Crippen LogP contribution in [0.25, 0.3) is 16.3 Å². The molecule has 160 valence electrons. The van der Waals surface area contributed by atoms with Gasteiger partial charge in [-0.2, -0.15) is 4.52 Å². The molecule has 0 radical (unpaired) electrons. The summed E-state index contributed by atoms with van der Waals surface area (Å²) < 4.78 is 17.8. The molecule has 2 aromatic carbocycles. The molecule has 0 bridgehead atoms. The number of hydrogen-bond donors (Lipinski definition) is 1. The van der Waals surface area contributed by atoms with Crippen molar-refractivity contribution in [2.45, 2.75) is 13.8 Å². The summed E-state index contributed by atoms with van der Waals surface area (Å²) in [6.07, 6.45) is 0. The van der Waals surface area contributed by atoms with Gasteiger partial charge in [-0.1, -0.05) is 29.0 Å². The first-order valence-corrected chi connectivity index (χ1v) is 10.2. The van der Waals surface area contributed by atoms with Crippen LogP contribution in [-0.2, 0) is 4.79 Å². The van der Waals surface area contributed by atoms with Crippen molar-refractivity contribution in [1.29, 1.82) is 0 Å². The van der Waals surface area contributed by atoms with Crippen molar-refractivity contribution in [3.8, 4) is 28.6 Å². The molecule has 2 aromatic heterocycles. The van der Waals surface area contributed by atoms with Crippen LogP contribution in [0.4, 0.5) is 5.13 Å². The molecule has 31 heavy (non-hydrogen) atoms. The minimum atomic E-state index is -0.308. The van der Waals surface area contributed by atoms with Crippen LogP contribution in [0.1, 0.15) is 11.1 Å². The molecule has 0 saturated carbocycles. The normalized spacial score (nSPS) is 10.8. The van der Waals surface area contributed by atoms with Crippen LogP contribution in [0.5, 0.6) is 17.2 Å². The summed E-state index contributed by atoms with van der Waals surface area (Å²) in [6, 6.07) is 11.2. The van der Waals surface area contributed by atoms with Crippen LogP contribution >= 0.6 is 11.3 Å². The zero-order valence-corrected chi connectivity index (χ0v) is 18.3. The molecule has 0 aliphatic rings. The lowest BCUT2D eigenvalue weighted by molar-refractivity contribution is -0.118. The molecule has 10 heteroatoms. The number of methoxy groups -OCH3 is 2. The lowest BCUT2D eigenvalue weighted by atomic mass is 10.1. The summed E-state index contributed by atoms with van der Waals surface area (Å²) in [7, 11) is 3.14. The number of aryl methyl sites for hydroxylation is 2. The van der Waals surface area contributed by atoms with Gasteiger partial charge < -0.3 is 14.2 Å². The highest BCUT2D eigenvalue weighted by Crippen LogP contribution is 2.32. The number of anilines is 1. The maximum atomic E-state index is 12.3. The van der Waals surface area contributed by atoms with E-state index in [2.05, 4.69) is 20.6 Å². The zero-order valence-electron chi connectivity index (χ0n) is 17.5. The van der Waals surface area contributed by atoms with Gasteiger partial charge in [0.1, 0.15) is 5.75 Å². The molecule has 0 fully saturated rings. The third-order valence-electron chi connectivity index (χ3n) is 4.57. The monoisotopic (exact) mass is 439 g/mol. The van der Waals surface area contributed by atoms with Crippen LogP contribution < -0.4 is 19.5 Å². The number of fused-ring (bicyclic) bond motifs is 1. The van der Waals surface area contributed by atoms with E-state index in [0.717, 1.165) is 16.7 Å². The minimum absolute atomic E-state index is 0.118. The van der Waals surface area contributed by atoms with Gasteiger partial charge in [0, 0.05) is 5.56 Å². The van der Waals surface area contributed by atoms with Gasteiger partial charge in [-0.05, 0) is 43.7 Å². The Kier molecular flexibility index (Phi) is 5.72. The van der Waals surface area contributed by atoms with Crippen LogP contribution in [0.15, 0.2) is 36.4 Å². The molecule has 2 heterocycles. The van der Waals surface area contributed by atoms with Gasteiger partial charge in [0.2, 0.25) is 10.1 Å². The first-order valence-electron chi connectivity index (χ1n) is 9.43. The standard InChI is InChI=1S/C21H21N5O4S/c1-12-5-7-15(13(2)9-12)30-11-18(27)22-20-25-26-19(23-24-21(26)31-20)14-6-8-16(28-3)17(10-14)29-4/h5-10H,11H2,1-4H3,(H,22,25,27). The molecule has 0 saturated heterocycles. The first-order chi connectivity index (χ1) is 15.0. The van der Waals surface area contributed by atoms with E-state index in [1.165, 1.54) is 11.3 Å². The Morgan fingerprint density at radius 3 is 2.55 bits per heavy atom. The lowest BCUT2D eigenvalue weighted by Crippen LogP contribution is -2.20. The number of nitrogens with one attached hydrogen (secondary N) is 1. The molecule has 1 amide bonds. The number of carbonyl (C=O) groups excluding carboxylic acids is 1. The Morgan fingerprint density at radius 2 is 1.81 bits per heavy atom. The summed E-state index contributed by atoms with van der Waals surface area (Å²) >= 11 is 1.22. The van der Waals surface area contributed by atoms with Crippen LogP contribution in [-0.4, -0.2) is 46.5 Å². The van der Waals surface area contributed by atoms with Gasteiger partial charge in [-0.25, -0.2) is 0 Å².